The molecule has 11 heteroatoms. The summed E-state index contributed by atoms with van der Waals surface area (Å²) in [5, 5.41) is 0. The van der Waals surface area contributed by atoms with Crippen LogP contribution in [0.15, 0.2) is 18.2 Å². The molecule has 0 aromatic heterocycles. The lowest BCUT2D eigenvalue weighted by Gasteiger charge is -2.26. The highest BCUT2D eigenvalue weighted by atomic mass is 16.7. The number of carbonyl (C=O) groups is 4. The van der Waals surface area contributed by atoms with Gasteiger partial charge in [0, 0.05) is 19.3 Å². The first-order valence-electron chi connectivity index (χ1n) is 13.4. The van der Waals surface area contributed by atoms with Crippen molar-refractivity contribution in [1.29, 1.82) is 0 Å². The van der Waals surface area contributed by atoms with E-state index >= 15 is 0 Å². The molecule has 220 valence electrons. The van der Waals surface area contributed by atoms with Crippen molar-refractivity contribution in [3.8, 4) is 11.5 Å². The number of methoxy groups -OCH3 is 1. The van der Waals surface area contributed by atoms with Crippen molar-refractivity contribution in [2.24, 2.45) is 5.73 Å². The predicted molar refractivity (Wildman–Crippen MR) is 143 cm³/mol. The van der Waals surface area contributed by atoms with Crippen LogP contribution in [-0.2, 0) is 35.0 Å². The highest BCUT2D eigenvalue weighted by molar-refractivity contribution is 5.81. The molecule has 1 rings (SSSR count). The highest BCUT2D eigenvalue weighted by Crippen LogP contribution is 2.31. The second kappa shape index (κ2) is 17.3. The summed E-state index contributed by atoms with van der Waals surface area (Å²) < 4.78 is 31.2. The molecule has 1 aromatic carbocycles. The number of benzene rings is 1. The molecular formula is C28H43NO10. The van der Waals surface area contributed by atoms with Gasteiger partial charge in [0.25, 0.3) is 0 Å². The van der Waals surface area contributed by atoms with Gasteiger partial charge < -0.3 is 34.2 Å². The van der Waals surface area contributed by atoms with Crippen molar-refractivity contribution >= 4 is 24.2 Å². The quantitative estimate of drug-likeness (QED) is 0.163. The van der Waals surface area contributed by atoms with Gasteiger partial charge in [0.1, 0.15) is 17.7 Å². The molecule has 2 N–H and O–H groups in total. The maximum atomic E-state index is 12.6. The van der Waals surface area contributed by atoms with E-state index in [1.807, 2.05) is 20.8 Å². The minimum atomic E-state index is -1.55. The van der Waals surface area contributed by atoms with Gasteiger partial charge in [-0.1, -0.05) is 39.7 Å². The molecule has 2 unspecified atom stereocenters. The van der Waals surface area contributed by atoms with Crippen LogP contribution in [0.2, 0.25) is 0 Å². The van der Waals surface area contributed by atoms with Gasteiger partial charge in [-0.15, -0.1) is 0 Å². The molecule has 0 aliphatic heterocycles. The van der Waals surface area contributed by atoms with E-state index < -0.39 is 29.8 Å². The monoisotopic (exact) mass is 553 g/mol. The zero-order valence-corrected chi connectivity index (χ0v) is 23.9. The Balaban J connectivity index is 3.19. The lowest BCUT2D eigenvalue weighted by atomic mass is 9.88. The van der Waals surface area contributed by atoms with Gasteiger partial charge in [0.2, 0.25) is 0 Å². The average molecular weight is 554 g/mol. The fraction of sp³-hybridized carbons (Fsp3) is 0.643. The van der Waals surface area contributed by atoms with Crippen molar-refractivity contribution in [3.05, 3.63) is 23.8 Å². The topological polar surface area (TPSA) is 150 Å². The van der Waals surface area contributed by atoms with E-state index in [4.69, 9.17) is 34.2 Å². The van der Waals surface area contributed by atoms with E-state index in [0.717, 1.165) is 12.8 Å². The number of hydrogen-bond donors (Lipinski definition) is 1. The van der Waals surface area contributed by atoms with E-state index in [-0.39, 0.29) is 49.6 Å². The maximum Gasteiger partial charge on any atom is 0.514 e. The number of ether oxygens (including phenoxy) is 6. The third kappa shape index (κ3) is 12.4. The van der Waals surface area contributed by atoms with Crippen LogP contribution in [-0.4, -0.2) is 55.7 Å². The molecule has 0 heterocycles. The van der Waals surface area contributed by atoms with Crippen molar-refractivity contribution in [3.63, 3.8) is 0 Å². The largest absolute Gasteiger partial charge is 0.514 e. The number of nitrogens with two attached hydrogens (primary N) is 1. The van der Waals surface area contributed by atoms with E-state index in [1.54, 1.807) is 19.9 Å². The van der Waals surface area contributed by atoms with Gasteiger partial charge in [0.15, 0.2) is 11.5 Å². The minimum Gasteiger partial charge on any atom is -0.468 e. The smallest absolute Gasteiger partial charge is 0.468 e. The summed E-state index contributed by atoms with van der Waals surface area (Å²) >= 11 is 0. The summed E-state index contributed by atoms with van der Waals surface area (Å²) in [5.41, 5.74) is 5.31. The molecule has 0 aliphatic rings. The molecular weight excluding hydrogens is 510 g/mol. The summed E-state index contributed by atoms with van der Waals surface area (Å²) in [5.74, 6) is -1.31. The normalized spacial score (nSPS) is 13.8. The lowest BCUT2D eigenvalue weighted by Crippen LogP contribution is -2.51. The number of hydrogen-bond acceptors (Lipinski definition) is 11. The van der Waals surface area contributed by atoms with Crippen LogP contribution in [0.4, 0.5) is 9.59 Å². The van der Waals surface area contributed by atoms with Gasteiger partial charge in [-0.2, -0.15) is 0 Å². The van der Waals surface area contributed by atoms with Gasteiger partial charge in [-0.3, -0.25) is 9.59 Å². The third-order valence-electron chi connectivity index (χ3n) is 5.76. The van der Waals surface area contributed by atoms with E-state index in [1.165, 1.54) is 19.2 Å². The van der Waals surface area contributed by atoms with Crippen LogP contribution in [0.5, 0.6) is 11.5 Å². The molecule has 39 heavy (non-hydrogen) atoms. The number of esters is 2. The van der Waals surface area contributed by atoms with Crippen molar-refractivity contribution in [2.45, 2.75) is 104 Å². The molecule has 0 amide bonds. The van der Waals surface area contributed by atoms with E-state index in [9.17, 15) is 19.2 Å². The Labute approximate surface area is 230 Å². The first-order chi connectivity index (χ1) is 18.5. The Morgan fingerprint density at radius 1 is 0.872 bits per heavy atom. The minimum absolute atomic E-state index is 0.0121. The van der Waals surface area contributed by atoms with E-state index in [0.29, 0.717) is 24.8 Å². The molecule has 11 nitrogen and oxygen atoms in total. The maximum absolute atomic E-state index is 12.6. The molecule has 0 spiro atoms. The Morgan fingerprint density at radius 3 is 1.95 bits per heavy atom. The van der Waals surface area contributed by atoms with E-state index in [2.05, 4.69) is 0 Å². The SMILES string of the molecule is CCCC(=O)OCC[C@@](N)(Cc1ccc(OC(=O)OC(C)CCC)c(OC(=O)OC(C)CCC)c1)C(=O)OC. The molecule has 0 saturated heterocycles. The summed E-state index contributed by atoms with van der Waals surface area (Å²) in [7, 11) is 1.21. The fourth-order valence-corrected chi connectivity index (χ4v) is 3.77. The molecule has 0 radical (unpaired) electrons. The Morgan fingerprint density at radius 2 is 1.44 bits per heavy atom. The lowest BCUT2D eigenvalue weighted by molar-refractivity contribution is -0.151. The van der Waals surface area contributed by atoms with Crippen molar-refractivity contribution in [1.82, 2.24) is 0 Å². The van der Waals surface area contributed by atoms with Crippen LogP contribution in [0.3, 0.4) is 0 Å². The van der Waals surface area contributed by atoms with Crippen LogP contribution in [0.1, 0.15) is 85.1 Å². The summed E-state index contributed by atoms with van der Waals surface area (Å²) in [4.78, 5) is 49.1. The second-order valence-corrected chi connectivity index (χ2v) is 9.46. The van der Waals surface area contributed by atoms with Crippen molar-refractivity contribution < 1.29 is 47.6 Å². The molecule has 0 saturated carbocycles. The van der Waals surface area contributed by atoms with Gasteiger partial charge in [-0.05, 0) is 50.8 Å². The van der Waals surface area contributed by atoms with Gasteiger partial charge in [-0.25, -0.2) is 9.59 Å². The zero-order valence-electron chi connectivity index (χ0n) is 23.9. The van der Waals surface area contributed by atoms with Crippen LogP contribution in [0, 0.1) is 0 Å². The average Bonchev–Trinajstić information content (AvgIpc) is 2.85. The van der Waals surface area contributed by atoms with Gasteiger partial charge >= 0.3 is 24.2 Å². The summed E-state index contributed by atoms with van der Waals surface area (Å²) in [6.07, 6.45) is 1.03. The van der Waals surface area contributed by atoms with Crippen LogP contribution < -0.4 is 15.2 Å². The third-order valence-corrected chi connectivity index (χ3v) is 5.76. The zero-order chi connectivity index (χ0) is 29.4. The highest BCUT2D eigenvalue weighted by Gasteiger charge is 2.36. The summed E-state index contributed by atoms with van der Waals surface area (Å²) in [6, 6.07) is 4.37. The molecule has 0 fully saturated rings. The Bertz CT molecular complexity index is 950. The molecule has 3 atom stereocenters. The molecule has 0 bridgehead atoms. The molecule has 0 aliphatic carbocycles. The Kier molecular flexibility index (Phi) is 14.9. The number of rotatable bonds is 16. The first kappa shape index (κ1) is 33.7. The second-order valence-electron chi connectivity index (χ2n) is 9.46. The summed E-state index contributed by atoms with van der Waals surface area (Å²) in [6.45, 7) is 9.15. The van der Waals surface area contributed by atoms with Gasteiger partial charge in [0.05, 0.1) is 13.7 Å². The van der Waals surface area contributed by atoms with Crippen molar-refractivity contribution in [2.75, 3.05) is 13.7 Å². The standard InChI is InChI=1S/C28H43NO10/c1-7-10-19(4)36-26(32)38-22-14-13-21(17-23(22)39-27(33)37-20(5)11-8-2)18-28(29,25(31)34-6)15-16-35-24(30)12-9-3/h13-14,17,19-20H,7-12,15-16,18,29H2,1-6H3/t19?,20?,28-/m1/s1. The fourth-order valence-electron chi connectivity index (χ4n) is 3.77. The number of carbonyl (C=O) groups excluding carboxylic acids is 4. The van der Waals surface area contributed by atoms with Crippen LogP contribution in [0.25, 0.3) is 0 Å². The predicted octanol–water partition coefficient (Wildman–Crippen LogP) is 5.24. The first-order valence-corrected chi connectivity index (χ1v) is 13.4. The Hall–Kier alpha value is -3.34. The van der Waals surface area contributed by atoms with Crippen LogP contribution >= 0.6 is 0 Å². The molecule has 1 aromatic rings.